The molecule has 1 aliphatic rings. The second kappa shape index (κ2) is 8.29. The SMILES string of the molecule is Cl.Cl.FC(F)(F)[C@@H](c1ccccc1Cl)N1CCNCC1. The minimum Gasteiger partial charge on any atom is -0.314 e. The summed E-state index contributed by atoms with van der Waals surface area (Å²) in [5, 5.41) is 3.21. The van der Waals surface area contributed by atoms with E-state index < -0.39 is 12.2 Å². The molecule has 1 fully saturated rings. The molecule has 0 saturated carbocycles. The number of hydrogen-bond donors (Lipinski definition) is 1. The minimum absolute atomic E-state index is 0. The fraction of sp³-hybridized carbons (Fsp3) is 0.500. The predicted molar refractivity (Wildman–Crippen MR) is 79.2 cm³/mol. The van der Waals surface area contributed by atoms with Gasteiger partial charge in [-0.1, -0.05) is 29.8 Å². The van der Waals surface area contributed by atoms with Crippen molar-refractivity contribution >= 4 is 36.4 Å². The van der Waals surface area contributed by atoms with E-state index in [1.54, 1.807) is 12.1 Å². The van der Waals surface area contributed by atoms with E-state index in [0.29, 0.717) is 26.2 Å². The molecule has 0 bridgehead atoms. The van der Waals surface area contributed by atoms with Crippen LogP contribution in [0.1, 0.15) is 11.6 Å². The lowest BCUT2D eigenvalue weighted by molar-refractivity contribution is -0.187. The lowest BCUT2D eigenvalue weighted by atomic mass is 10.0. The molecule has 2 rings (SSSR count). The first-order valence-corrected chi connectivity index (χ1v) is 6.14. The summed E-state index contributed by atoms with van der Waals surface area (Å²) in [6, 6.07) is 4.55. The summed E-state index contributed by atoms with van der Waals surface area (Å²) in [5.41, 5.74) is 0.133. The van der Waals surface area contributed by atoms with Crippen LogP contribution in [0.15, 0.2) is 24.3 Å². The molecular weight excluding hydrogens is 335 g/mol. The number of nitrogens with zero attached hydrogens (tertiary/aromatic N) is 1. The second-order valence-electron chi connectivity index (χ2n) is 4.25. The lowest BCUT2D eigenvalue weighted by Gasteiger charge is -2.36. The number of piperazine rings is 1. The third kappa shape index (κ3) is 4.67. The zero-order valence-electron chi connectivity index (χ0n) is 10.5. The third-order valence-corrected chi connectivity index (χ3v) is 3.37. The van der Waals surface area contributed by atoms with Gasteiger partial charge in [0.05, 0.1) is 0 Å². The summed E-state index contributed by atoms with van der Waals surface area (Å²) >= 11 is 5.90. The fourth-order valence-corrected chi connectivity index (χ4v) is 2.46. The van der Waals surface area contributed by atoms with Gasteiger partial charge in [0, 0.05) is 31.2 Å². The Labute approximate surface area is 133 Å². The molecule has 1 N–H and O–H groups in total. The molecule has 1 aliphatic heterocycles. The van der Waals surface area contributed by atoms with E-state index in [2.05, 4.69) is 5.32 Å². The zero-order chi connectivity index (χ0) is 13.2. The Bertz CT molecular complexity index is 409. The molecule has 1 aromatic rings. The Morgan fingerprint density at radius 3 is 2.15 bits per heavy atom. The van der Waals surface area contributed by atoms with Crippen molar-refractivity contribution in [3.8, 4) is 0 Å². The van der Waals surface area contributed by atoms with Crippen molar-refractivity contribution in [2.24, 2.45) is 0 Å². The summed E-state index contributed by atoms with van der Waals surface area (Å²) in [4.78, 5) is 1.43. The van der Waals surface area contributed by atoms with Crippen LogP contribution in [0.3, 0.4) is 0 Å². The van der Waals surface area contributed by atoms with Crippen LogP contribution in [0.25, 0.3) is 0 Å². The number of benzene rings is 1. The molecule has 2 nitrogen and oxygen atoms in total. The molecule has 1 saturated heterocycles. The van der Waals surface area contributed by atoms with Crippen LogP contribution in [-0.2, 0) is 0 Å². The van der Waals surface area contributed by atoms with Gasteiger partial charge in [-0.2, -0.15) is 13.2 Å². The van der Waals surface area contributed by atoms with Crippen LogP contribution in [0.4, 0.5) is 13.2 Å². The molecule has 8 heteroatoms. The minimum atomic E-state index is -4.32. The maximum absolute atomic E-state index is 13.2. The van der Waals surface area contributed by atoms with Crippen LogP contribution in [-0.4, -0.2) is 37.3 Å². The van der Waals surface area contributed by atoms with Crippen molar-refractivity contribution in [1.82, 2.24) is 10.2 Å². The Morgan fingerprint density at radius 2 is 1.65 bits per heavy atom. The summed E-state index contributed by atoms with van der Waals surface area (Å²) in [6.07, 6.45) is -4.32. The standard InChI is InChI=1S/C12H14ClF3N2.2ClH/c13-10-4-2-1-3-9(10)11(12(14,15)16)18-7-5-17-6-8-18;;/h1-4,11,17H,5-8H2;2*1H/t11-;;/m1../s1. The molecule has 116 valence electrons. The first-order valence-electron chi connectivity index (χ1n) is 5.76. The molecule has 0 radical (unpaired) electrons. The highest BCUT2D eigenvalue weighted by molar-refractivity contribution is 6.31. The maximum atomic E-state index is 13.2. The van der Waals surface area contributed by atoms with Crippen molar-refractivity contribution in [3.05, 3.63) is 34.9 Å². The number of rotatable bonds is 2. The van der Waals surface area contributed by atoms with Crippen LogP contribution in [0.5, 0.6) is 0 Å². The second-order valence-corrected chi connectivity index (χ2v) is 4.66. The lowest BCUT2D eigenvalue weighted by Crippen LogP contribution is -2.49. The topological polar surface area (TPSA) is 15.3 Å². The Kier molecular flexibility index (Phi) is 8.21. The molecule has 1 atom stereocenters. The Morgan fingerprint density at radius 1 is 1.10 bits per heavy atom. The van der Waals surface area contributed by atoms with Crippen molar-refractivity contribution in [1.29, 1.82) is 0 Å². The van der Waals surface area contributed by atoms with Gasteiger partial charge in [-0.05, 0) is 11.6 Å². The Balaban J connectivity index is 0.00000180. The van der Waals surface area contributed by atoms with E-state index in [4.69, 9.17) is 11.6 Å². The quantitative estimate of drug-likeness (QED) is 0.874. The van der Waals surface area contributed by atoms with Gasteiger partial charge in [0.25, 0.3) is 0 Å². The molecule has 0 aliphatic carbocycles. The van der Waals surface area contributed by atoms with E-state index in [1.807, 2.05) is 0 Å². The van der Waals surface area contributed by atoms with Crippen molar-refractivity contribution in [3.63, 3.8) is 0 Å². The van der Waals surface area contributed by atoms with Gasteiger partial charge < -0.3 is 5.32 Å². The van der Waals surface area contributed by atoms with Crippen molar-refractivity contribution < 1.29 is 13.2 Å². The first kappa shape index (κ1) is 19.8. The smallest absolute Gasteiger partial charge is 0.314 e. The summed E-state index contributed by atoms with van der Waals surface area (Å²) in [5.74, 6) is 0. The van der Waals surface area contributed by atoms with E-state index >= 15 is 0 Å². The van der Waals surface area contributed by atoms with E-state index in [9.17, 15) is 13.2 Å². The highest BCUT2D eigenvalue weighted by atomic mass is 35.5. The summed E-state index contributed by atoms with van der Waals surface area (Å²) < 4.78 is 39.7. The number of halogens is 6. The maximum Gasteiger partial charge on any atom is 0.408 e. The molecule has 20 heavy (non-hydrogen) atoms. The number of nitrogens with one attached hydrogen (secondary N) is 1. The summed E-state index contributed by atoms with van der Waals surface area (Å²) in [7, 11) is 0. The predicted octanol–water partition coefficient (Wildman–Crippen LogP) is 3.69. The number of hydrogen-bond acceptors (Lipinski definition) is 2. The van der Waals surface area contributed by atoms with E-state index in [0.717, 1.165) is 0 Å². The van der Waals surface area contributed by atoms with Crippen LogP contribution in [0.2, 0.25) is 5.02 Å². The Hall–Kier alpha value is -0.200. The van der Waals surface area contributed by atoms with Gasteiger partial charge in [-0.25, -0.2) is 0 Å². The first-order chi connectivity index (χ1) is 8.50. The molecule has 0 spiro atoms. The summed E-state index contributed by atoms with van der Waals surface area (Å²) in [6.45, 7) is 1.87. The van der Waals surface area contributed by atoms with E-state index in [1.165, 1.54) is 17.0 Å². The highest BCUT2D eigenvalue weighted by Crippen LogP contribution is 2.40. The highest BCUT2D eigenvalue weighted by Gasteiger charge is 2.45. The van der Waals surface area contributed by atoms with Gasteiger partial charge in [-0.15, -0.1) is 24.8 Å². The largest absolute Gasteiger partial charge is 0.408 e. The molecule has 0 unspecified atom stereocenters. The molecular formula is C12H16Cl3F3N2. The fourth-order valence-electron chi connectivity index (χ4n) is 2.22. The number of alkyl halides is 3. The molecule has 0 aromatic heterocycles. The van der Waals surface area contributed by atoms with Gasteiger partial charge in [0.15, 0.2) is 0 Å². The van der Waals surface area contributed by atoms with Crippen LogP contribution < -0.4 is 5.32 Å². The van der Waals surface area contributed by atoms with Gasteiger partial charge in [0.1, 0.15) is 6.04 Å². The van der Waals surface area contributed by atoms with Gasteiger partial charge in [-0.3, -0.25) is 4.90 Å². The zero-order valence-corrected chi connectivity index (χ0v) is 12.9. The average molecular weight is 352 g/mol. The van der Waals surface area contributed by atoms with Crippen molar-refractivity contribution in [2.45, 2.75) is 12.2 Å². The molecule has 0 amide bonds. The normalized spacial score (nSPS) is 17.8. The van der Waals surface area contributed by atoms with Crippen LogP contribution in [0, 0.1) is 0 Å². The van der Waals surface area contributed by atoms with Crippen molar-refractivity contribution in [2.75, 3.05) is 26.2 Å². The monoisotopic (exact) mass is 350 g/mol. The van der Waals surface area contributed by atoms with Gasteiger partial charge in [0.2, 0.25) is 0 Å². The average Bonchev–Trinajstić information content (AvgIpc) is 2.32. The van der Waals surface area contributed by atoms with E-state index in [-0.39, 0.29) is 35.4 Å². The molecule has 1 aromatic carbocycles. The third-order valence-electron chi connectivity index (χ3n) is 3.03. The van der Waals surface area contributed by atoms with Crippen LogP contribution >= 0.6 is 36.4 Å². The van der Waals surface area contributed by atoms with Gasteiger partial charge >= 0.3 is 6.18 Å². The molecule has 1 heterocycles.